The quantitative estimate of drug-likeness (QED) is 0.618. The van der Waals surface area contributed by atoms with Gasteiger partial charge in [-0.15, -0.1) is 0 Å². The van der Waals surface area contributed by atoms with E-state index in [-0.39, 0.29) is 18.6 Å². The number of thioether (sulfide) groups is 1. The SMILES string of the molecule is CCC(C)(C)C(=O)OCCNC(=O)N1CCSCC1. The van der Waals surface area contributed by atoms with Gasteiger partial charge in [0.15, 0.2) is 0 Å². The number of hydrogen-bond donors (Lipinski definition) is 1. The molecule has 1 rings (SSSR count). The number of nitrogens with zero attached hydrogens (tertiary/aromatic N) is 1. The van der Waals surface area contributed by atoms with E-state index in [2.05, 4.69) is 5.32 Å². The maximum absolute atomic E-state index is 11.8. The van der Waals surface area contributed by atoms with Gasteiger partial charge < -0.3 is 15.0 Å². The van der Waals surface area contributed by atoms with Gasteiger partial charge in [0.25, 0.3) is 0 Å². The van der Waals surface area contributed by atoms with Crippen LogP contribution in [0.4, 0.5) is 4.79 Å². The van der Waals surface area contributed by atoms with Crippen molar-refractivity contribution < 1.29 is 14.3 Å². The third-order valence-electron chi connectivity index (χ3n) is 3.35. The van der Waals surface area contributed by atoms with E-state index in [0.717, 1.165) is 31.0 Å². The molecule has 110 valence electrons. The number of carbonyl (C=O) groups excluding carboxylic acids is 2. The first-order valence-electron chi connectivity index (χ1n) is 6.75. The van der Waals surface area contributed by atoms with E-state index in [9.17, 15) is 9.59 Å². The van der Waals surface area contributed by atoms with Gasteiger partial charge >= 0.3 is 12.0 Å². The summed E-state index contributed by atoms with van der Waals surface area (Å²) in [5.41, 5.74) is -0.450. The van der Waals surface area contributed by atoms with Gasteiger partial charge in [0.05, 0.1) is 12.0 Å². The maximum atomic E-state index is 11.8. The van der Waals surface area contributed by atoms with Crippen molar-refractivity contribution in [2.24, 2.45) is 5.41 Å². The summed E-state index contributed by atoms with van der Waals surface area (Å²) in [6.45, 7) is 7.86. The third kappa shape index (κ3) is 5.30. The predicted molar refractivity (Wildman–Crippen MR) is 77.3 cm³/mol. The van der Waals surface area contributed by atoms with Crippen LogP contribution in [0.2, 0.25) is 0 Å². The molecule has 1 N–H and O–H groups in total. The number of hydrogen-bond acceptors (Lipinski definition) is 4. The minimum Gasteiger partial charge on any atom is -0.463 e. The minimum absolute atomic E-state index is 0.0638. The summed E-state index contributed by atoms with van der Waals surface area (Å²) in [5.74, 6) is 1.78. The molecule has 0 radical (unpaired) electrons. The van der Waals surface area contributed by atoms with E-state index < -0.39 is 5.41 Å². The molecule has 6 heteroatoms. The second kappa shape index (κ2) is 7.62. The molecule has 0 bridgehead atoms. The van der Waals surface area contributed by atoms with Crippen LogP contribution in [0.15, 0.2) is 0 Å². The lowest BCUT2D eigenvalue weighted by molar-refractivity contribution is -0.153. The zero-order chi connectivity index (χ0) is 14.3. The highest BCUT2D eigenvalue weighted by atomic mass is 32.2. The number of ether oxygens (including phenoxy) is 1. The van der Waals surface area contributed by atoms with Gasteiger partial charge in [-0.05, 0) is 20.3 Å². The topological polar surface area (TPSA) is 58.6 Å². The lowest BCUT2D eigenvalue weighted by Gasteiger charge is -2.26. The summed E-state index contributed by atoms with van der Waals surface area (Å²) in [6, 6.07) is -0.0638. The van der Waals surface area contributed by atoms with Crippen LogP contribution < -0.4 is 5.32 Å². The van der Waals surface area contributed by atoms with Crippen molar-refractivity contribution in [3.8, 4) is 0 Å². The van der Waals surface area contributed by atoms with Gasteiger partial charge in [0, 0.05) is 24.6 Å². The first-order chi connectivity index (χ1) is 8.97. The van der Waals surface area contributed by atoms with E-state index in [1.807, 2.05) is 32.5 Å². The number of esters is 1. The fourth-order valence-corrected chi connectivity index (χ4v) is 2.42. The summed E-state index contributed by atoms with van der Waals surface area (Å²) in [5, 5.41) is 2.78. The molecule has 1 fully saturated rings. The molecule has 19 heavy (non-hydrogen) atoms. The Bertz CT molecular complexity index is 315. The lowest BCUT2D eigenvalue weighted by Crippen LogP contribution is -2.45. The van der Waals surface area contributed by atoms with Crippen LogP contribution in [-0.4, -0.2) is 54.6 Å². The lowest BCUT2D eigenvalue weighted by atomic mass is 9.91. The molecule has 0 atom stereocenters. The van der Waals surface area contributed by atoms with Crippen LogP contribution in [0.5, 0.6) is 0 Å². The molecule has 2 amide bonds. The number of urea groups is 1. The van der Waals surface area contributed by atoms with Gasteiger partial charge in [-0.3, -0.25) is 4.79 Å². The van der Waals surface area contributed by atoms with Crippen LogP contribution >= 0.6 is 11.8 Å². The summed E-state index contributed by atoms with van der Waals surface area (Å²) in [6.07, 6.45) is 0.740. The van der Waals surface area contributed by atoms with Crippen LogP contribution in [-0.2, 0) is 9.53 Å². The van der Waals surface area contributed by atoms with Crippen LogP contribution in [0, 0.1) is 5.41 Å². The summed E-state index contributed by atoms with van der Waals surface area (Å²) in [7, 11) is 0. The Labute approximate surface area is 119 Å². The number of nitrogens with one attached hydrogen (secondary N) is 1. The number of carbonyl (C=O) groups is 2. The van der Waals surface area contributed by atoms with E-state index in [1.54, 1.807) is 4.90 Å². The summed E-state index contributed by atoms with van der Waals surface area (Å²) in [4.78, 5) is 25.3. The van der Waals surface area contributed by atoms with E-state index in [0.29, 0.717) is 6.54 Å². The van der Waals surface area contributed by atoms with Crippen molar-refractivity contribution in [3.05, 3.63) is 0 Å². The highest BCUT2D eigenvalue weighted by Gasteiger charge is 2.26. The van der Waals surface area contributed by atoms with Crippen molar-refractivity contribution in [1.82, 2.24) is 10.2 Å². The Kier molecular flexibility index (Phi) is 6.48. The van der Waals surface area contributed by atoms with E-state index in [4.69, 9.17) is 4.74 Å². The Morgan fingerprint density at radius 1 is 1.32 bits per heavy atom. The Morgan fingerprint density at radius 2 is 1.95 bits per heavy atom. The van der Waals surface area contributed by atoms with Crippen molar-refractivity contribution in [2.45, 2.75) is 27.2 Å². The fraction of sp³-hybridized carbons (Fsp3) is 0.846. The first kappa shape index (κ1) is 16.1. The highest BCUT2D eigenvalue weighted by Crippen LogP contribution is 2.21. The van der Waals surface area contributed by atoms with Gasteiger partial charge in [0.1, 0.15) is 6.61 Å². The van der Waals surface area contributed by atoms with Gasteiger partial charge in [-0.25, -0.2) is 4.79 Å². The molecule has 1 aliphatic heterocycles. The standard InChI is InChI=1S/C13H24N2O3S/c1-4-13(2,3)11(16)18-8-5-14-12(17)15-6-9-19-10-7-15/h4-10H2,1-3H3,(H,14,17). The molecule has 0 unspecified atom stereocenters. The average molecular weight is 288 g/mol. The second-order valence-corrected chi connectivity index (χ2v) is 6.43. The Morgan fingerprint density at radius 3 is 2.53 bits per heavy atom. The van der Waals surface area contributed by atoms with Crippen LogP contribution in [0.25, 0.3) is 0 Å². The molecular formula is C13H24N2O3S. The first-order valence-corrected chi connectivity index (χ1v) is 7.90. The monoisotopic (exact) mass is 288 g/mol. The van der Waals surface area contributed by atoms with Crippen molar-refractivity contribution >= 4 is 23.8 Å². The number of amides is 2. The molecular weight excluding hydrogens is 264 g/mol. The zero-order valence-electron chi connectivity index (χ0n) is 12.0. The molecule has 0 aromatic rings. The maximum Gasteiger partial charge on any atom is 0.317 e. The van der Waals surface area contributed by atoms with Crippen molar-refractivity contribution in [3.63, 3.8) is 0 Å². The average Bonchev–Trinajstić information content (AvgIpc) is 2.43. The molecule has 1 saturated heterocycles. The van der Waals surface area contributed by atoms with E-state index in [1.165, 1.54) is 0 Å². The molecule has 5 nitrogen and oxygen atoms in total. The van der Waals surface area contributed by atoms with Crippen LogP contribution in [0.3, 0.4) is 0 Å². The molecule has 1 heterocycles. The largest absolute Gasteiger partial charge is 0.463 e. The molecule has 0 saturated carbocycles. The van der Waals surface area contributed by atoms with Crippen LogP contribution in [0.1, 0.15) is 27.2 Å². The Hall–Kier alpha value is -0.910. The minimum atomic E-state index is -0.450. The molecule has 0 aromatic heterocycles. The molecule has 0 aromatic carbocycles. The van der Waals surface area contributed by atoms with Gasteiger partial charge in [-0.1, -0.05) is 6.92 Å². The summed E-state index contributed by atoms with van der Waals surface area (Å²) >= 11 is 1.86. The second-order valence-electron chi connectivity index (χ2n) is 5.20. The Balaban J connectivity index is 2.16. The van der Waals surface area contributed by atoms with Crippen molar-refractivity contribution in [1.29, 1.82) is 0 Å². The molecule has 0 spiro atoms. The molecule has 1 aliphatic rings. The smallest absolute Gasteiger partial charge is 0.317 e. The van der Waals surface area contributed by atoms with E-state index >= 15 is 0 Å². The van der Waals surface area contributed by atoms with Gasteiger partial charge in [-0.2, -0.15) is 11.8 Å². The predicted octanol–water partition coefficient (Wildman–Crippen LogP) is 1.72. The normalized spacial score (nSPS) is 16.1. The fourth-order valence-electron chi connectivity index (χ4n) is 1.52. The zero-order valence-corrected chi connectivity index (χ0v) is 12.8. The third-order valence-corrected chi connectivity index (χ3v) is 4.29. The number of rotatable bonds is 5. The van der Waals surface area contributed by atoms with Crippen molar-refractivity contribution in [2.75, 3.05) is 37.7 Å². The highest BCUT2D eigenvalue weighted by molar-refractivity contribution is 7.99. The molecule has 0 aliphatic carbocycles. The van der Waals surface area contributed by atoms with Gasteiger partial charge in [0.2, 0.25) is 0 Å². The summed E-state index contributed by atoms with van der Waals surface area (Å²) < 4.78 is 5.16.